The fourth-order valence-corrected chi connectivity index (χ4v) is 4.65. The molecular weight excluding hydrogens is 472 g/mol. The monoisotopic (exact) mass is 494 g/mol. The highest BCUT2D eigenvalue weighted by Gasteiger charge is 2.47. The molecule has 9 nitrogen and oxygen atoms in total. The number of para-hydroxylation sites is 1. The SMILES string of the molecule is CCc1ccc[n+](C2=C(c3c(C)nn(-c4ccccc4)c3[O-])C(=O)N(c3ccc4c(c3)OCO4)C2=O)c1. The summed E-state index contributed by atoms with van der Waals surface area (Å²) in [6.45, 7) is 3.72. The van der Waals surface area contributed by atoms with Crippen LogP contribution < -0.4 is 24.0 Å². The van der Waals surface area contributed by atoms with Gasteiger partial charge in [0, 0.05) is 23.3 Å². The van der Waals surface area contributed by atoms with Gasteiger partial charge in [0.2, 0.25) is 6.79 Å². The van der Waals surface area contributed by atoms with Crippen LogP contribution in [-0.4, -0.2) is 28.4 Å². The number of pyridine rings is 1. The van der Waals surface area contributed by atoms with Crippen molar-refractivity contribution in [3.8, 4) is 23.1 Å². The maximum Gasteiger partial charge on any atom is 0.331 e. The number of fused-ring (bicyclic) bond motifs is 1. The van der Waals surface area contributed by atoms with Crippen LogP contribution in [0.4, 0.5) is 5.69 Å². The molecule has 2 aromatic heterocycles. The molecule has 6 rings (SSSR count). The van der Waals surface area contributed by atoms with Crippen molar-refractivity contribution in [2.45, 2.75) is 20.3 Å². The second-order valence-corrected chi connectivity index (χ2v) is 8.69. The Hall–Kier alpha value is -4.92. The molecule has 184 valence electrons. The second-order valence-electron chi connectivity index (χ2n) is 8.69. The Labute approximate surface area is 212 Å². The summed E-state index contributed by atoms with van der Waals surface area (Å²) < 4.78 is 13.7. The molecule has 37 heavy (non-hydrogen) atoms. The number of hydrogen-bond donors (Lipinski definition) is 0. The largest absolute Gasteiger partial charge is 0.858 e. The zero-order valence-electron chi connectivity index (χ0n) is 20.2. The van der Waals surface area contributed by atoms with Crippen LogP contribution in [-0.2, 0) is 16.0 Å². The fraction of sp³-hybridized carbons (Fsp3) is 0.143. The minimum absolute atomic E-state index is 0.00519. The van der Waals surface area contributed by atoms with Crippen LogP contribution in [0.2, 0.25) is 0 Å². The molecule has 4 aromatic rings. The van der Waals surface area contributed by atoms with E-state index in [4.69, 9.17) is 9.47 Å². The van der Waals surface area contributed by atoms with Crippen molar-refractivity contribution in [3.63, 3.8) is 0 Å². The molecule has 4 heterocycles. The Morgan fingerprint density at radius 1 is 0.973 bits per heavy atom. The lowest BCUT2D eigenvalue weighted by Crippen LogP contribution is -2.40. The molecule has 0 saturated heterocycles. The van der Waals surface area contributed by atoms with Gasteiger partial charge in [0.15, 0.2) is 23.9 Å². The molecule has 0 saturated carbocycles. The molecule has 0 fully saturated rings. The fourth-order valence-electron chi connectivity index (χ4n) is 4.65. The smallest absolute Gasteiger partial charge is 0.331 e. The molecule has 9 heteroatoms. The minimum Gasteiger partial charge on any atom is -0.858 e. The second kappa shape index (κ2) is 8.63. The first-order chi connectivity index (χ1) is 18.0. The van der Waals surface area contributed by atoms with Gasteiger partial charge >= 0.3 is 5.91 Å². The third kappa shape index (κ3) is 3.55. The molecule has 0 atom stereocenters. The predicted molar refractivity (Wildman–Crippen MR) is 132 cm³/mol. The van der Waals surface area contributed by atoms with Gasteiger partial charge < -0.3 is 14.6 Å². The topological polar surface area (TPSA) is 101 Å². The quantitative estimate of drug-likeness (QED) is 0.312. The van der Waals surface area contributed by atoms with E-state index < -0.39 is 17.7 Å². The number of nitrogens with zero attached hydrogens (tertiary/aromatic N) is 4. The van der Waals surface area contributed by atoms with Gasteiger partial charge in [-0.25, -0.2) is 9.58 Å². The van der Waals surface area contributed by atoms with Gasteiger partial charge in [0.25, 0.3) is 11.6 Å². The van der Waals surface area contributed by atoms with Crippen molar-refractivity contribution in [2.24, 2.45) is 0 Å². The molecule has 0 unspecified atom stereocenters. The molecule has 2 aromatic carbocycles. The normalized spacial score (nSPS) is 14.7. The number of anilines is 1. The van der Waals surface area contributed by atoms with Crippen molar-refractivity contribution in [1.29, 1.82) is 0 Å². The van der Waals surface area contributed by atoms with Crippen LogP contribution in [0.25, 0.3) is 17.0 Å². The number of aryl methyl sites for hydroxylation is 2. The lowest BCUT2D eigenvalue weighted by Gasteiger charge is -2.16. The van der Waals surface area contributed by atoms with E-state index >= 15 is 0 Å². The summed E-state index contributed by atoms with van der Waals surface area (Å²) >= 11 is 0. The highest BCUT2D eigenvalue weighted by atomic mass is 16.7. The van der Waals surface area contributed by atoms with Crippen molar-refractivity contribution in [1.82, 2.24) is 9.78 Å². The van der Waals surface area contributed by atoms with Gasteiger partial charge in [-0.1, -0.05) is 25.1 Å². The number of aromatic nitrogens is 3. The van der Waals surface area contributed by atoms with E-state index in [1.54, 1.807) is 66.3 Å². The van der Waals surface area contributed by atoms with Crippen molar-refractivity contribution in [3.05, 3.63) is 89.9 Å². The van der Waals surface area contributed by atoms with Gasteiger partial charge in [-0.05, 0) is 49.6 Å². The number of carbonyl (C=O) groups excluding carboxylic acids is 2. The first-order valence-electron chi connectivity index (χ1n) is 11.8. The van der Waals surface area contributed by atoms with Crippen LogP contribution in [0.3, 0.4) is 0 Å². The van der Waals surface area contributed by atoms with Crippen LogP contribution in [0.5, 0.6) is 17.4 Å². The Morgan fingerprint density at radius 3 is 2.54 bits per heavy atom. The standard InChI is InChI=1S/C28H22N4O5/c1-3-18-8-7-13-30(15-18)25-24(23-17(2)29-32(27(23)34)19-9-5-4-6-10-19)26(33)31(28(25)35)20-11-12-21-22(14-20)37-16-36-21/h4-15H,3,16H2,1-2H3. The van der Waals surface area contributed by atoms with E-state index in [2.05, 4.69) is 5.10 Å². The molecule has 0 spiro atoms. The van der Waals surface area contributed by atoms with Gasteiger partial charge in [0.05, 0.1) is 17.1 Å². The number of carbonyl (C=O) groups is 2. The number of rotatable bonds is 5. The van der Waals surface area contributed by atoms with Crippen molar-refractivity contribution >= 4 is 28.8 Å². The van der Waals surface area contributed by atoms with Crippen molar-refractivity contribution in [2.75, 3.05) is 11.7 Å². The van der Waals surface area contributed by atoms with Crippen LogP contribution >= 0.6 is 0 Å². The van der Waals surface area contributed by atoms with E-state index in [0.29, 0.717) is 28.6 Å². The van der Waals surface area contributed by atoms with Crippen LogP contribution in [0.1, 0.15) is 23.7 Å². The Bertz CT molecular complexity index is 1610. The highest BCUT2D eigenvalue weighted by Crippen LogP contribution is 2.41. The zero-order chi connectivity index (χ0) is 25.7. The molecule has 2 aliphatic heterocycles. The van der Waals surface area contributed by atoms with E-state index in [1.807, 2.05) is 25.1 Å². The lowest BCUT2D eigenvalue weighted by molar-refractivity contribution is -0.577. The molecular formula is C28H22N4O5. The summed E-state index contributed by atoms with van der Waals surface area (Å²) in [6.07, 6.45) is 4.23. The van der Waals surface area contributed by atoms with Crippen LogP contribution in [0.15, 0.2) is 73.1 Å². The van der Waals surface area contributed by atoms with E-state index in [0.717, 1.165) is 16.9 Å². The first kappa shape index (κ1) is 22.5. The number of benzene rings is 2. The summed E-state index contributed by atoms with van der Waals surface area (Å²) in [6, 6.07) is 17.6. The summed E-state index contributed by atoms with van der Waals surface area (Å²) in [5.41, 5.74) is 2.39. The first-order valence-corrected chi connectivity index (χ1v) is 11.8. The predicted octanol–water partition coefficient (Wildman–Crippen LogP) is 2.77. The lowest BCUT2D eigenvalue weighted by atomic mass is 10.0. The number of hydrogen-bond acceptors (Lipinski definition) is 6. The molecule has 2 aliphatic rings. The number of imide groups is 1. The third-order valence-corrected chi connectivity index (χ3v) is 6.47. The van der Waals surface area contributed by atoms with Crippen LogP contribution in [0, 0.1) is 6.92 Å². The van der Waals surface area contributed by atoms with E-state index in [9.17, 15) is 14.7 Å². The average Bonchev–Trinajstić information content (AvgIpc) is 3.57. The highest BCUT2D eigenvalue weighted by molar-refractivity contribution is 6.53. The maximum atomic E-state index is 14.0. The molecule has 0 N–H and O–H groups in total. The van der Waals surface area contributed by atoms with Crippen molar-refractivity contribution < 1.29 is 28.7 Å². The summed E-state index contributed by atoms with van der Waals surface area (Å²) in [5.74, 6) is -0.670. The maximum absolute atomic E-state index is 14.0. The number of amides is 2. The van der Waals surface area contributed by atoms with Gasteiger partial charge in [-0.15, -0.1) is 0 Å². The van der Waals surface area contributed by atoms with E-state index in [1.165, 1.54) is 4.68 Å². The van der Waals surface area contributed by atoms with E-state index in [-0.39, 0.29) is 23.6 Å². The number of ether oxygens (including phenoxy) is 2. The van der Waals surface area contributed by atoms with Gasteiger partial charge in [-0.2, -0.15) is 9.67 Å². The zero-order valence-corrected chi connectivity index (χ0v) is 20.2. The summed E-state index contributed by atoms with van der Waals surface area (Å²) in [7, 11) is 0. The molecule has 0 bridgehead atoms. The third-order valence-electron chi connectivity index (χ3n) is 6.47. The summed E-state index contributed by atoms with van der Waals surface area (Å²) in [4.78, 5) is 29.0. The molecule has 2 amide bonds. The summed E-state index contributed by atoms with van der Waals surface area (Å²) in [5, 5.41) is 18.1. The van der Waals surface area contributed by atoms with Gasteiger partial charge in [0.1, 0.15) is 5.57 Å². The molecule has 0 aliphatic carbocycles. The average molecular weight is 495 g/mol. The molecule has 0 radical (unpaired) electrons. The Morgan fingerprint density at radius 2 is 1.76 bits per heavy atom. The Balaban J connectivity index is 1.56. The Kier molecular flexibility index (Phi) is 5.26. The van der Waals surface area contributed by atoms with Gasteiger partial charge in [-0.3, -0.25) is 9.59 Å². The minimum atomic E-state index is -0.610.